The lowest BCUT2D eigenvalue weighted by Gasteiger charge is -2.20. The summed E-state index contributed by atoms with van der Waals surface area (Å²) in [5.74, 6) is 1.03. The van der Waals surface area contributed by atoms with Gasteiger partial charge in [-0.25, -0.2) is 0 Å². The van der Waals surface area contributed by atoms with E-state index in [4.69, 9.17) is 4.74 Å². The molecule has 19 heavy (non-hydrogen) atoms. The van der Waals surface area contributed by atoms with Gasteiger partial charge in [-0.15, -0.1) is 0 Å². The van der Waals surface area contributed by atoms with Crippen molar-refractivity contribution in [2.24, 2.45) is 11.8 Å². The van der Waals surface area contributed by atoms with Crippen LogP contribution in [0.1, 0.15) is 44.9 Å². The van der Waals surface area contributed by atoms with Gasteiger partial charge in [0.2, 0.25) is 0 Å². The molecule has 2 fully saturated rings. The van der Waals surface area contributed by atoms with Gasteiger partial charge in [-0.1, -0.05) is 19.3 Å². The number of ether oxygens (including phenoxy) is 1. The fraction of sp³-hybridized carbons (Fsp3) is 1.00. The van der Waals surface area contributed by atoms with Crippen LogP contribution < -0.4 is 5.32 Å². The highest BCUT2D eigenvalue weighted by atomic mass is 16.5. The van der Waals surface area contributed by atoms with Gasteiger partial charge >= 0.3 is 0 Å². The number of hydrogen-bond acceptors (Lipinski definition) is 4. The van der Waals surface area contributed by atoms with Crippen LogP contribution in [0.25, 0.3) is 0 Å². The number of aliphatic hydroxyl groups is 2. The molecule has 3 unspecified atom stereocenters. The van der Waals surface area contributed by atoms with E-state index in [1.54, 1.807) is 0 Å². The van der Waals surface area contributed by atoms with Gasteiger partial charge in [0.05, 0.1) is 18.8 Å². The molecular weight excluding hydrogens is 242 g/mol. The van der Waals surface area contributed by atoms with Gasteiger partial charge in [0.15, 0.2) is 0 Å². The smallest absolute Gasteiger partial charge is 0.0897 e. The van der Waals surface area contributed by atoms with Gasteiger partial charge in [-0.2, -0.15) is 0 Å². The van der Waals surface area contributed by atoms with Crippen LogP contribution in [0.4, 0.5) is 0 Å². The Morgan fingerprint density at radius 2 is 1.79 bits per heavy atom. The van der Waals surface area contributed by atoms with Crippen molar-refractivity contribution in [1.29, 1.82) is 0 Å². The van der Waals surface area contributed by atoms with Gasteiger partial charge in [0.25, 0.3) is 0 Å². The third-order valence-electron chi connectivity index (χ3n) is 4.66. The molecule has 112 valence electrons. The van der Waals surface area contributed by atoms with Crippen molar-refractivity contribution >= 4 is 0 Å². The number of rotatable bonds is 8. The van der Waals surface area contributed by atoms with E-state index in [9.17, 15) is 10.2 Å². The Labute approximate surface area is 116 Å². The molecule has 0 bridgehead atoms. The lowest BCUT2D eigenvalue weighted by Crippen LogP contribution is -2.35. The second-order valence-corrected chi connectivity index (χ2v) is 6.19. The molecule has 2 saturated carbocycles. The van der Waals surface area contributed by atoms with E-state index in [1.165, 1.54) is 25.7 Å². The molecule has 2 aliphatic rings. The third kappa shape index (κ3) is 5.03. The first-order valence-corrected chi connectivity index (χ1v) is 7.91. The molecule has 4 nitrogen and oxygen atoms in total. The molecule has 3 atom stereocenters. The van der Waals surface area contributed by atoms with Crippen LogP contribution >= 0.6 is 0 Å². The summed E-state index contributed by atoms with van der Waals surface area (Å²) in [6.07, 6.45) is 8.39. The van der Waals surface area contributed by atoms with E-state index in [-0.39, 0.29) is 0 Å². The van der Waals surface area contributed by atoms with Crippen molar-refractivity contribution in [3.63, 3.8) is 0 Å². The summed E-state index contributed by atoms with van der Waals surface area (Å²) in [7, 11) is 0. The Morgan fingerprint density at radius 1 is 1.05 bits per heavy atom. The fourth-order valence-electron chi connectivity index (χ4n) is 3.42. The predicted octanol–water partition coefficient (Wildman–Crippen LogP) is 1.30. The highest BCUT2D eigenvalue weighted by Gasteiger charge is 2.26. The number of aliphatic hydroxyl groups excluding tert-OH is 2. The van der Waals surface area contributed by atoms with Crippen LogP contribution in [0.15, 0.2) is 0 Å². The van der Waals surface area contributed by atoms with Crippen molar-refractivity contribution in [1.82, 2.24) is 5.32 Å². The van der Waals surface area contributed by atoms with Gasteiger partial charge in [-0.05, 0) is 44.1 Å². The topological polar surface area (TPSA) is 61.7 Å². The second kappa shape index (κ2) is 8.20. The number of hydrogen-bond donors (Lipinski definition) is 3. The minimum absolute atomic E-state index is 0.305. The third-order valence-corrected chi connectivity index (χ3v) is 4.66. The molecule has 0 aliphatic heterocycles. The van der Waals surface area contributed by atoms with Crippen molar-refractivity contribution in [3.05, 3.63) is 0 Å². The van der Waals surface area contributed by atoms with Gasteiger partial charge in [-0.3, -0.25) is 0 Å². The van der Waals surface area contributed by atoms with E-state index in [0.29, 0.717) is 37.7 Å². The maximum Gasteiger partial charge on any atom is 0.0897 e. The Balaban J connectivity index is 1.52. The van der Waals surface area contributed by atoms with Gasteiger partial charge < -0.3 is 20.3 Å². The minimum atomic E-state index is -0.408. The molecule has 0 aromatic rings. The Bertz CT molecular complexity index is 244. The van der Waals surface area contributed by atoms with E-state index < -0.39 is 6.10 Å². The highest BCUT2D eigenvalue weighted by molar-refractivity contribution is 4.79. The fourth-order valence-corrected chi connectivity index (χ4v) is 3.42. The number of nitrogens with one attached hydrogen (secondary N) is 1. The predicted molar refractivity (Wildman–Crippen MR) is 75.0 cm³/mol. The average molecular weight is 271 g/mol. The quantitative estimate of drug-likeness (QED) is 0.623. The normalized spacial score (nSPS) is 30.0. The van der Waals surface area contributed by atoms with Crippen molar-refractivity contribution in [3.8, 4) is 0 Å². The van der Waals surface area contributed by atoms with Gasteiger partial charge in [0, 0.05) is 13.2 Å². The summed E-state index contributed by atoms with van der Waals surface area (Å²) in [6, 6.07) is 0. The van der Waals surface area contributed by atoms with Crippen LogP contribution in [-0.4, -0.2) is 48.7 Å². The highest BCUT2D eigenvalue weighted by Crippen LogP contribution is 2.30. The molecule has 0 radical (unpaired) electrons. The van der Waals surface area contributed by atoms with E-state index in [2.05, 4.69) is 5.32 Å². The Hall–Kier alpha value is -0.160. The molecule has 3 N–H and O–H groups in total. The second-order valence-electron chi connectivity index (χ2n) is 6.19. The molecular formula is C15H29NO3. The standard InChI is InChI=1S/C15H29NO3/c17-10-13-5-3-4-12(13)8-16-9-14(18)11-19-15-6-1-2-7-15/h12-18H,1-11H2. The molecule has 2 aliphatic carbocycles. The first-order valence-electron chi connectivity index (χ1n) is 7.91. The molecule has 0 aromatic carbocycles. The largest absolute Gasteiger partial charge is 0.396 e. The van der Waals surface area contributed by atoms with Crippen LogP contribution in [0.3, 0.4) is 0 Å². The van der Waals surface area contributed by atoms with E-state index >= 15 is 0 Å². The maximum atomic E-state index is 9.87. The van der Waals surface area contributed by atoms with Crippen molar-refractivity contribution < 1.29 is 14.9 Å². The average Bonchev–Trinajstić information content (AvgIpc) is 3.07. The van der Waals surface area contributed by atoms with Crippen LogP contribution in [0.5, 0.6) is 0 Å². The monoisotopic (exact) mass is 271 g/mol. The van der Waals surface area contributed by atoms with Crippen LogP contribution in [0, 0.1) is 11.8 Å². The maximum absolute atomic E-state index is 9.87. The van der Waals surface area contributed by atoms with Crippen molar-refractivity contribution in [2.45, 2.75) is 57.2 Å². The summed E-state index contributed by atoms with van der Waals surface area (Å²) in [6.45, 7) is 2.26. The Kier molecular flexibility index (Phi) is 6.57. The zero-order valence-electron chi connectivity index (χ0n) is 11.9. The lowest BCUT2D eigenvalue weighted by molar-refractivity contribution is -0.00580. The zero-order chi connectivity index (χ0) is 13.5. The molecule has 0 spiro atoms. The molecule has 4 heteroatoms. The van der Waals surface area contributed by atoms with Gasteiger partial charge in [0.1, 0.15) is 0 Å². The summed E-state index contributed by atoms with van der Waals surface area (Å²) in [5, 5.41) is 22.4. The zero-order valence-corrected chi connectivity index (χ0v) is 11.9. The van der Waals surface area contributed by atoms with Crippen molar-refractivity contribution in [2.75, 3.05) is 26.3 Å². The van der Waals surface area contributed by atoms with Crippen LogP contribution in [0.2, 0.25) is 0 Å². The van der Waals surface area contributed by atoms with E-state index in [0.717, 1.165) is 25.8 Å². The summed E-state index contributed by atoms with van der Waals surface area (Å²) in [5.41, 5.74) is 0. The van der Waals surface area contributed by atoms with Crippen LogP contribution in [-0.2, 0) is 4.74 Å². The molecule has 0 saturated heterocycles. The first kappa shape index (κ1) is 15.2. The molecule has 0 heterocycles. The summed E-state index contributed by atoms with van der Waals surface area (Å²) >= 11 is 0. The summed E-state index contributed by atoms with van der Waals surface area (Å²) < 4.78 is 5.70. The Morgan fingerprint density at radius 3 is 2.53 bits per heavy atom. The molecule has 0 amide bonds. The molecule has 2 rings (SSSR count). The minimum Gasteiger partial charge on any atom is -0.396 e. The molecule has 0 aromatic heterocycles. The van der Waals surface area contributed by atoms with E-state index in [1.807, 2.05) is 0 Å². The first-order chi connectivity index (χ1) is 9.29. The summed E-state index contributed by atoms with van der Waals surface area (Å²) in [4.78, 5) is 0. The lowest BCUT2D eigenvalue weighted by atomic mass is 9.97. The SMILES string of the molecule is OCC1CCCC1CNCC(O)COC1CCCC1.